The zero-order valence-corrected chi connectivity index (χ0v) is 13.9. The van der Waals surface area contributed by atoms with E-state index in [4.69, 9.17) is 10.00 Å². The quantitative estimate of drug-likeness (QED) is 0.508. The summed E-state index contributed by atoms with van der Waals surface area (Å²) in [6.45, 7) is 0.547. The highest BCUT2D eigenvalue weighted by Crippen LogP contribution is 2.22. The summed E-state index contributed by atoms with van der Waals surface area (Å²) in [7, 11) is 1.94. The molecule has 0 radical (unpaired) electrons. The van der Waals surface area contributed by atoms with E-state index in [1.165, 1.54) is 0 Å². The Labute approximate surface area is 144 Å². The van der Waals surface area contributed by atoms with Crippen molar-refractivity contribution in [1.29, 1.82) is 5.26 Å². The van der Waals surface area contributed by atoms with Crippen LogP contribution < -0.4 is 4.74 Å². The Balaban J connectivity index is 1.54. The topological polar surface area (TPSA) is 76.6 Å². The summed E-state index contributed by atoms with van der Waals surface area (Å²) in [5, 5.41) is 18.0. The van der Waals surface area contributed by atoms with Crippen LogP contribution in [0.2, 0.25) is 0 Å². The summed E-state index contributed by atoms with van der Waals surface area (Å²) in [4.78, 5) is 4.10. The lowest BCUT2D eigenvalue weighted by atomic mass is 10.2. The molecule has 0 bridgehead atoms. The zero-order chi connectivity index (χ0) is 16.8. The third-order valence-electron chi connectivity index (χ3n) is 3.32. The van der Waals surface area contributed by atoms with Gasteiger partial charge in [-0.1, -0.05) is 11.8 Å². The van der Waals surface area contributed by atoms with E-state index in [0.29, 0.717) is 12.2 Å². The number of hydrogen-bond donors (Lipinski definition) is 0. The Morgan fingerprint density at radius 3 is 2.75 bits per heavy atom. The van der Waals surface area contributed by atoms with Crippen LogP contribution in [0, 0.1) is 11.3 Å². The lowest BCUT2D eigenvalue weighted by molar-refractivity contribution is 0.344. The number of rotatable bonds is 6. The van der Waals surface area contributed by atoms with Gasteiger partial charge < -0.3 is 9.30 Å². The molecule has 0 N–H and O–H groups in total. The molecular formula is C17H15N5OS. The van der Waals surface area contributed by atoms with Gasteiger partial charge in [0.05, 0.1) is 18.2 Å². The number of pyridine rings is 1. The average molecular weight is 337 g/mol. The monoisotopic (exact) mass is 337 g/mol. The molecule has 120 valence electrons. The van der Waals surface area contributed by atoms with Crippen molar-refractivity contribution >= 4 is 11.8 Å². The lowest BCUT2D eigenvalue weighted by Crippen LogP contribution is -2.02. The van der Waals surface area contributed by atoms with Crippen LogP contribution in [0.3, 0.4) is 0 Å². The van der Waals surface area contributed by atoms with Gasteiger partial charge in [0.15, 0.2) is 11.0 Å². The van der Waals surface area contributed by atoms with Gasteiger partial charge in [-0.2, -0.15) is 5.26 Å². The van der Waals surface area contributed by atoms with Crippen LogP contribution in [0.1, 0.15) is 5.56 Å². The van der Waals surface area contributed by atoms with Crippen LogP contribution in [0.15, 0.2) is 53.9 Å². The Bertz CT molecular complexity index is 840. The molecule has 3 rings (SSSR count). The molecule has 2 heterocycles. The highest BCUT2D eigenvalue weighted by Gasteiger charge is 2.11. The number of ether oxygens (including phenoxy) is 1. The van der Waals surface area contributed by atoms with E-state index in [0.717, 1.165) is 28.0 Å². The van der Waals surface area contributed by atoms with E-state index in [1.807, 2.05) is 23.7 Å². The first-order valence-corrected chi connectivity index (χ1v) is 8.32. The van der Waals surface area contributed by atoms with Gasteiger partial charge in [0, 0.05) is 30.8 Å². The molecule has 0 spiro atoms. The number of thioether (sulfide) groups is 1. The molecule has 0 amide bonds. The molecule has 2 aromatic heterocycles. The van der Waals surface area contributed by atoms with Crippen molar-refractivity contribution in [3.05, 3.63) is 54.4 Å². The molecule has 0 fully saturated rings. The number of nitrogens with zero attached hydrogens (tertiary/aromatic N) is 5. The summed E-state index contributed by atoms with van der Waals surface area (Å²) in [5.41, 5.74) is 1.56. The molecule has 1 aromatic carbocycles. The minimum atomic E-state index is 0.547. The summed E-state index contributed by atoms with van der Waals surface area (Å²) in [6, 6.07) is 13.0. The largest absolute Gasteiger partial charge is 0.493 e. The molecule has 0 aliphatic rings. The first-order chi connectivity index (χ1) is 11.8. The average Bonchev–Trinajstić information content (AvgIpc) is 3.00. The van der Waals surface area contributed by atoms with Crippen LogP contribution in [-0.4, -0.2) is 32.1 Å². The summed E-state index contributed by atoms with van der Waals surface area (Å²) in [6.07, 6.45) is 3.50. The molecule has 24 heavy (non-hydrogen) atoms. The molecule has 0 aliphatic heterocycles. The van der Waals surface area contributed by atoms with E-state index >= 15 is 0 Å². The van der Waals surface area contributed by atoms with E-state index < -0.39 is 0 Å². The van der Waals surface area contributed by atoms with Crippen molar-refractivity contribution in [3.63, 3.8) is 0 Å². The standard InChI is InChI=1S/C17H15N5OS/c1-22-16(14-3-2-8-19-12-14)20-21-17(22)24-10-9-23-15-6-4-13(11-18)5-7-15/h2-8,12H,9-10H2,1H3. The fourth-order valence-corrected chi connectivity index (χ4v) is 2.83. The van der Waals surface area contributed by atoms with Gasteiger partial charge in [-0.05, 0) is 36.4 Å². The van der Waals surface area contributed by atoms with Crippen LogP contribution in [0.5, 0.6) is 5.75 Å². The summed E-state index contributed by atoms with van der Waals surface area (Å²) >= 11 is 1.58. The minimum Gasteiger partial charge on any atom is -0.493 e. The van der Waals surface area contributed by atoms with Crippen molar-refractivity contribution in [2.24, 2.45) is 7.05 Å². The van der Waals surface area contributed by atoms with E-state index in [-0.39, 0.29) is 0 Å². The Morgan fingerprint density at radius 2 is 2.04 bits per heavy atom. The maximum Gasteiger partial charge on any atom is 0.191 e. The van der Waals surface area contributed by atoms with Gasteiger partial charge in [0.25, 0.3) is 0 Å². The Morgan fingerprint density at radius 1 is 1.21 bits per heavy atom. The molecule has 6 nitrogen and oxygen atoms in total. The molecule has 0 saturated heterocycles. The summed E-state index contributed by atoms with van der Waals surface area (Å²) in [5.74, 6) is 2.29. The van der Waals surface area contributed by atoms with Gasteiger partial charge in [-0.15, -0.1) is 10.2 Å². The normalized spacial score (nSPS) is 10.3. The molecule has 0 aliphatic carbocycles. The van der Waals surface area contributed by atoms with Gasteiger partial charge in [0.2, 0.25) is 0 Å². The van der Waals surface area contributed by atoms with Crippen molar-refractivity contribution in [1.82, 2.24) is 19.7 Å². The number of aromatic nitrogens is 4. The Kier molecular flexibility index (Phi) is 5.08. The predicted octanol–water partition coefficient (Wildman–Crippen LogP) is 2.92. The first-order valence-electron chi connectivity index (χ1n) is 7.33. The first kappa shape index (κ1) is 16.0. The van der Waals surface area contributed by atoms with Gasteiger partial charge in [-0.3, -0.25) is 4.98 Å². The van der Waals surface area contributed by atoms with Gasteiger partial charge >= 0.3 is 0 Å². The summed E-state index contributed by atoms with van der Waals surface area (Å²) < 4.78 is 7.61. The van der Waals surface area contributed by atoms with Crippen LogP contribution in [0.25, 0.3) is 11.4 Å². The van der Waals surface area contributed by atoms with E-state index in [9.17, 15) is 0 Å². The third kappa shape index (κ3) is 3.73. The highest BCUT2D eigenvalue weighted by atomic mass is 32.2. The van der Waals surface area contributed by atoms with Crippen LogP contribution >= 0.6 is 11.8 Å². The molecule has 0 saturated carbocycles. The predicted molar refractivity (Wildman–Crippen MR) is 91.6 cm³/mol. The second-order valence-electron chi connectivity index (χ2n) is 4.94. The maximum absolute atomic E-state index is 8.77. The Hall–Kier alpha value is -2.85. The van der Waals surface area contributed by atoms with Gasteiger partial charge in [-0.25, -0.2) is 0 Å². The third-order valence-corrected chi connectivity index (χ3v) is 4.31. The number of benzene rings is 1. The molecule has 7 heteroatoms. The van der Waals surface area contributed by atoms with E-state index in [1.54, 1.807) is 48.4 Å². The molecule has 0 atom stereocenters. The van der Waals surface area contributed by atoms with Crippen molar-refractivity contribution < 1.29 is 4.74 Å². The number of nitriles is 1. The minimum absolute atomic E-state index is 0.547. The highest BCUT2D eigenvalue weighted by molar-refractivity contribution is 7.99. The molecule has 3 aromatic rings. The zero-order valence-electron chi connectivity index (χ0n) is 13.1. The van der Waals surface area contributed by atoms with Crippen molar-refractivity contribution in [2.75, 3.05) is 12.4 Å². The fourth-order valence-electron chi connectivity index (χ4n) is 2.11. The lowest BCUT2D eigenvalue weighted by Gasteiger charge is -2.06. The second kappa shape index (κ2) is 7.62. The molecular weight excluding hydrogens is 322 g/mol. The maximum atomic E-state index is 8.77. The SMILES string of the molecule is Cn1c(SCCOc2ccc(C#N)cc2)nnc1-c1cccnc1. The molecule has 0 unspecified atom stereocenters. The van der Waals surface area contributed by atoms with Crippen LogP contribution in [-0.2, 0) is 7.05 Å². The van der Waals surface area contributed by atoms with Crippen LogP contribution in [0.4, 0.5) is 0 Å². The number of hydrogen-bond acceptors (Lipinski definition) is 6. The van der Waals surface area contributed by atoms with Crippen molar-refractivity contribution in [2.45, 2.75) is 5.16 Å². The van der Waals surface area contributed by atoms with Gasteiger partial charge in [0.1, 0.15) is 5.75 Å². The van der Waals surface area contributed by atoms with Crippen molar-refractivity contribution in [3.8, 4) is 23.2 Å². The smallest absolute Gasteiger partial charge is 0.191 e. The fraction of sp³-hybridized carbons (Fsp3) is 0.176. The van der Waals surface area contributed by atoms with E-state index in [2.05, 4.69) is 21.3 Å². The second-order valence-corrected chi connectivity index (χ2v) is 6.00.